The van der Waals surface area contributed by atoms with Gasteiger partial charge in [-0.25, -0.2) is 0 Å². The number of amides is 1. The van der Waals surface area contributed by atoms with Crippen molar-refractivity contribution in [1.29, 1.82) is 0 Å². The number of hydrogen-bond acceptors (Lipinski definition) is 2. The molecular formula is C29H37NOS. The van der Waals surface area contributed by atoms with Crippen LogP contribution in [0.2, 0.25) is 0 Å². The monoisotopic (exact) mass is 447 g/mol. The van der Waals surface area contributed by atoms with Gasteiger partial charge in [-0.05, 0) is 61.6 Å². The van der Waals surface area contributed by atoms with Crippen LogP contribution in [0.5, 0.6) is 0 Å². The fourth-order valence-electron chi connectivity index (χ4n) is 2.91. The van der Waals surface area contributed by atoms with Crippen LogP contribution in [0.1, 0.15) is 50.1 Å². The van der Waals surface area contributed by atoms with E-state index < -0.39 is 0 Å². The highest BCUT2D eigenvalue weighted by Gasteiger charge is 2.08. The van der Waals surface area contributed by atoms with Crippen LogP contribution in [0.25, 0.3) is 17.2 Å². The maximum Gasteiger partial charge on any atom is 0.214 e. The molecule has 0 radical (unpaired) electrons. The van der Waals surface area contributed by atoms with E-state index in [4.69, 9.17) is 0 Å². The molecule has 0 unspecified atom stereocenters. The Morgan fingerprint density at radius 1 is 1.00 bits per heavy atom. The molecular weight excluding hydrogens is 410 g/mol. The summed E-state index contributed by atoms with van der Waals surface area (Å²) in [7, 11) is 1.77. The lowest BCUT2D eigenvalue weighted by atomic mass is 10.0. The number of carbonyl (C=O) groups is 1. The number of thiophene rings is 1. The van der Waals surface area contributed by atoms with Gasteiger partial charge in [-0.15, -0.1) is 11.3 Å². The predicted octanol–water partition coefficient (Wildman–Crippen LogP) is 8.71. The molecule has 0 aliphatic carbocycles. The molecule has 0 spiro atoms. The standard InChI is InChI=1S/C14H19NOS.C13H12.C2H6/c1-6-12(10(2)3)8-13-11(4)7-14(17-13)15(5)9-16;1-11-7-9-13(10-8-11)12-5-3-2-4-6-12;1-2/h7-9H,2,6H2,1,3-5H3;2-10H,1H3;1-2H3/b12-8-;;. The molecule has 3 rings (SSSR count). The van der Waals surface area contributed by atoms with Gasteiger partial charge in [0, 0.05) is 11.9 Å². The summed E-state index contributed by atoms with van der Waals surface area (Å²) in [6.45, 7) is 16.3. The number of rotatable bonds is 6. The summed E-state index contributed by atoms with van der Waals surface area (Å²) >= 11 is 1.63. The van der Waals surface area contributed by atoms with Gasteiger partial charge in [0.25, 0.3) is 0 Å². The van der Waals surface area contributed by atoms with Crippen LogP contribution in [0.15, 0.2) is 78.4 Å². The molecule has 0 bridgehead atoms. The van der Waals surface area contributed by atoms with E-state index >= 15 is 0 Å². The first kappa shape index (κ1) is 27.1. The molecule has 32 heavy (non-hydrogen) atoms. The van der Waals surface area contributed by atoms with E-state index in [1.165, 1.54) is 32.7 Å². The van der Waals surface area contributed by atoms with Crippen molar-refractivity contribution in [1.82, 2.24) is 0 Å². The minimum absolute atomic E-state index is 0.832. The van der Waals surface area contributed by atoms with Crippen molar-refractivity contribution in [3.63, 3.8) is 0 Å². The van der Waals surface area contributed by atoms with E-state index in [0.717, 1.165) is 23.4 Å². The molecule has 1 amide bonds. The molecule has 0 saturated carbocycles. The zero-order valence-electron chi connectivity index (χ0n) is 20.6. The Kier molecular flexibility index (Phi) is 12.0. The molecule has 0 fully saturated rings. The lowest BCUT2D eigenvalue weighted by Crippen LogP contribution is -2.11. The Hall–Kier alpha value is -2.91. The van der Waals surface area contributed by atoms with Gasteiger partial charge in [0.05, 0.1) is 5.00 Å². The number of carbonyl (C=O) groups excluding carboxylic acids is 1. The molecule has 2 nitrogen and oxygen atoms in total. The third-order valence-electron chi connectivity index (χ3n) is 4.84. The topological polar surface area (TPSA) is 20.3 Å². The van der Waals surface area contributed by atoms with Crippen molar-refractivity contribution in [3.8, 4) is 11.1 Å². The SMILES string of the molecule is C=C(C)/C(=C\c1sc(N(C)C=O)cc1C)CC.CC.Cc1ccc(-c2ccccc2)cc1. The van der Waals surface area contributed by atoms with Crippen LogP contribution in [-0.4, -0.2) is 13.5 Å². The number of aryl methyl sites for hydroxylation is 2. The summed E-state index contributed by atoms with van der Waals surface area (Å²) in [5.41, 5.74) is 7.43. The van der Waals surface area contributed by atoms with Crippen molar-refractivity contribution in [3.05, 3.63) is 94.4 Å². The maximum atomic E-state index is 10.7. The summed E-state index contributed by atoms with van der Waals surface area (Å²) in [4.78, 5) is 13.5. The van der Waals surface area contributed by atoms with Crippen LogP contribution in [-0.2, 0) is 4.79 Å². The molecule has 0 aliphatic heterocycles. The van der Waals surface area contributed by atoms with E-state index in [0.29, 0.717) is 0 Å². The zero-order chi connectivity index (χ0) is 24.1. The fourth-order valence-corrected chi connectivity index (χ4v) is 3.98. The number of anilines is 1. The molecule has 170 valence electrons. The highest BCUT2D eigenvalue weighted by Crippen LogP contribution is 2.31. The Morgan fingerprint density at radius 2 is 1.56 bits per heavy atom. The van der Waals surface area contributed by atoms with Gasteiger partial charge >= 0.3 is 0 Å². The van der Waals surface area contributed by atoms with Gasteiger partial charge in [-0.3, -0.25) is 4.79 Å². The molecule has 3 aromatic rings. The van der Waals surface area contributed by atoms with Crippen molar-refractivity contribution in [2.24, 2.45) is 0 Å². The second-order valence-electron chi connectivity index (χ2n) is 7.38. The molecule has 0 aliphatic rings. The molecule has 2 aromatic carbocycles. The first-order valence-electron chi connectivity index (χ1n) is 11.1. The van der Waals surface area contributed by atoms with Crippen LogP contribution in [0, 0.1) is 13.8 Å². The lowest BCUT2D eigenvalue weighted by molar-refractivity contribution is -0.107. The van der Waals surface area contributed by atoms with Gasteiger partial charge in [-0.2, -0.15) is 0 Å². The molecule has 1 aromatic heterocycles. The summed E-state index contributed by atoms with van der Waals surface area (Å²) in [5, 5.41) is 0.973. The third kappa shape index (κ3) is 8.32. The van der Waals surface area contributed by atoms with Crippen LogP contribution in [0.3, 0.4) is 0 Å². The van der Waals surface area contributed by atoms with Gasteiger partial charge in [-0.1, -0.05) is 93.1 Å². The van der Waals surface area contributed by atoms with Crippen LogP contribution < -0.4 is 4.90 Å². The fraction of sp³-hybridized carbons (Fsp3) is 0.276. The Morgan fingerprint density at radius 3 is 2.06 bits per heavy atom. The average molecular weight is 448 g/mol. The summed E-state index contributed by atoms with van der Waals surface area (Å²) in [6, 6.07) is 21.1. The quantitative estimate of drug-likeness (QED) is 0.273. The largest absolute Gasteiger partial charge is 0.310 e. The second kappa shape index (κ2) is 14.2. The summed E-state index contributed by atoms with van der Waals surface area (Å²) < 4.78 is 0. The summed E-state index contributed by atoms with van der Waals surface area (Å²) in [5.74, 6) is 0. The first-order valence-corrected chi connectivity index (χ1v) is 11.9. The zero-order valence-corrected chi connectivity index (χ0v) is 21.4. The Bertz CT molecular complexity index is 997. The number of nitrogens with zero attached hydrogens (tertiary/aromatic N) is 1. The molecule has 0 N–H and O–H groups in total. The van der Waals surface area contributed by atoms with Crippen LogP contribution in [0.4, 0.5) is 5.00 Å². The number of allylic oxidation sites excluding steroid dienone is 2. The maximum absolute atomic E-state index is 10.7. The predicted molar refractivity (Wildman–Crippen MR) is 145 cm³/mol. The van der Waals surface area contributed by atoms with Gasteiger partial charge in [0.1, 0.15) is 0 Å². The van der Waals surface area contributed by atoms with Crippen molar-refractivity contribution in [2.45, 2.75) is 48.0 Å². The minimum Gasteiger partial charge on any atom is -0.310 e. The van der Waals surface area contributed by atoms with E-state index in [1.54, 1.807) is 23.3 Å². The molecule has 0 atom stereocenters. The number of benzene rings is 2. The van der Waals surface area contributed by atoms with Gasteiger partial charge < -0.3 is 4.90 Å². The van der Waals surface area contributed by atoms with Crippen molar-refractivity contribution in [2.75, 3.05) is 11.9 Å². The van der Waals surface area contributed by atoms with E-state index in [-0.39, 0.29) is 0 Å². The molecule has 1 heterocycles. The van der Waals surface area contributed by atoms with E-state index in [9.17, 15) is 4.79 Å². The lowest BCUT2D eigenvalue weighted by Gasteiger charge is -2.05. The average Bonchev–Trinajstić information content (AvgIpc) is 3.19. The molecule has 3 heteroatoms. The van der Waals surface area contributed by atoms with Gasteiger partial charge in [0.15, 0.2) is 0 Å². The first-order chi connectivity index (χ1) is 15.3. The number of hydrogen-bond donors (Lipinski definition) is 0. The summed E-state index contributed by atoms with van der Waals surface area (Å²) in [6.07, 6.45) is 3.98. The van der Waals surface area contributed by atoms with Crippen molar-refractivity contribution < 1.29 is 4.79 Å². The smallest absolute Gasteiger partial charge is 0.214 e. The van der Waals surface area contributed by atoms with Crippen LogP contribution >= 0.6 is 11.3 Å². The van der Waals surface area contributed by atoms with E-state index in [2.05, 4.69) is 82.0 Å². The third-order valence-corrected chi connectivity index (χ3v) is 6.12. The highest BCUT2D eigenvalue weighted by atomic mass is 32.1. The second-order valence-corrected chi connectivity index (χ2v) is 8.45. The Labute approximate surface area is 198 Å². The Balaban J connectivity index is 0.000000305. The van der Waals surface area contributed by atoms with E-state index in [1.807, 2.05) is 32.9 Å². The van der Waals surface area contributed by atoms with Gasteiger partial charge in [0.2, 0.25) is 6.41 Å². The minimum atomic E-state index is 0.832. The highest BCUT2D eigenvalue weighted by molar-refractivity contribution is 7.17. The molecule has 0 saturated heterocycles. The normalized spacial score (nSPS) is 10.3. The van der Waals surface area contributed by atoms with Crippen molar-refractivity contribution >= 4 is 28.8 Å².